The Morgan fingerprint density at radius 2 is 0.975 bits per heavy atom. The van der Waals surface area contributed by atoms with E-state index >= 15 is 0 Å². The number of hydrogen-bond acceptors (Lipinski definition) is 3. The van der Waals surface area contributed by atoms with Gasteiger partial charge in [-0.3, -0.25) is 4.79 Å². The monoisotopic (exact) mass is 559 g/mol. The van der Waals surface area contributed by atoms with Gasteiger partial charge >= 0.3 is 0 Å². The number of rotatable bonds is 29. The normalized spacial score (nSPS) is 13.8. The van der Waals surface area contributed by atoms with Gasteiger partial charge < -0.3 is 15.5 Å². The Bertz CT molecular complexity index is 652. The summed E-state index contributed by atoms with van der Waals surface area (Å²) in [6, 6.07) is -0.647. The highest BCUT2D eigenvalue weighted by Gasteiger charge is 2.17. The minimum absolute atomic E-state index is 0.0912. The number of hydrogen-bond donors (Lipinski definition) is 3. The van der Waals surface area contributed by atoms with Gasteiger partial charge in [-0.05, 0) is 70.6 Å². The van der Waals surface area contributed by atoms with Crippen LogP contribution in [0.3, 0.4) is 0 Å². The smallest absolute Gasteiger partial charge is 0.220 e. The van der Waals surface area contributed by atoms with Gasteiger partial charge in [-0.2, -0.15) is 0 Å². The van der Waals surface area contributed by atoms with Crippen LogP contribution in [0.4, 0.5) is 0 Å². The molecule has 0 aliphatic carbocycles. The van der Waals surface area contributed by atoms with Gasteiger partial charge in [0.15, 0.2) is 0 Å². The van der Waals surface area contributed by atoms with E-state index in [0.717, 1.165) is 51.4 Å². The lowest BCUT2D eigenvalue weighted by Gasteiger charge is -2.19. The number of allylic oxidation sites excluding steroid dienone is 7. The van der Waals surface area contributed by atoms with Crippen LogP contribution in [0.2, 0.25) is 0 Å². The van der Waals surface area contributed by atoms with E-state index in [1.54, 1.807) is 6.08 Å². The van der Waals surface area contributed by atoms with Crippen LogP contribution in [0.25, 0.3) is 0 Å². The first kappa shape index (κ1) is 38.4. The lowest BCUT2D eigenvalue weighted by Crippen LogP contribution is -2.45. The van der Waals surface area contributed by atoms with E-state index in [1.165, 1.54) is 83.5 Å². The Balaban J connectivity index is 3.75. The van der Waals surface area contributed by atoms with Crippen molar-refractivity contribution in [2.45, 2.75) is 167 Å². The van der Waals surface area contributed by atoms with Crippen molar-refractivity contribution in [3.63, 3.8) is 0 Å². The van der Waals surface area contributed by atoms with Crippen molar-refractivity contribution >= 4 is 5.91 Å². The van der Waals surface area contributed by atoms with Gasteiger partial charge in [0, 0.05) is 6.42 Å². The molecule has 0 saturated heterocycles. The number of unbranched alkanes of at least 4 members (excludes halogenated alkanes) is 16. The third kappa shape index (κ3) is 27.9. The fraction of sp³-hybridized carbons (Fsp3) is 0.750. The van der Waals surface area contributed by atoms with Crippen molar-refractivity contribution in [1.29, 1.82) is 0 Å². The zero-order valence-electron chi connectivity index (χ0n) is 26.3. The molecule has 232 valence electrons. The molecule has 0 radical (unpaired) electrons. The van der Waals surface area contributed by atoms with Crippen LogP contribution in [0.1, 0.15) is 155 Å². The zero-order valence-corrected chi connectivity index (χ0v) is 26.3. The predicted octanol–water partition coefficient (Wildman–Crippen LogP) is 9.67. The van der Waals surface area contributed by atoms with Crippen LogP contribution in [0.15, 0.2) is 48.6 Å². The fourth-order valence-corrected chi connectivity index (χ4v) is 4.61. The predicted molar refractivity (Wildman–Crippen MR) is 175 cm³/mol. The Morgan fingerprint density at radius 3 is 1.50 bits per heavy atom. The Hall–Kier alpha value is -1.65. The SMILES string of the molecule is CCCCC/C=C/CC/C=C/CC/C=C/C(O)C(CO)NC(=O)CCCCCCC/C=C\CCCCCCCC. The van der Waals surface area contributed by atoms with Crippen molar-refractivity contribution in [2.24, 2.45) is 0 Å². The molecule has 40 heavy (non-hydrogen) atoms. The molecule has 2 atom stereocenters. The van der Waals surface area contributed by atoms with E-state index in [4.69, 9.17) is 0 Å². The highest BCUT2D eigenvalue weighted by atomic mass is 16.3. The van der Waals surface area contributed by atoms with Crippen LogP contribution in [-0.2, 0) is 4.79 Å². The summed E-state index contributed by atoms with van der Waals surface area (Å²) in [6.07, 6.45) is 41.8. The summed E-state index contributed by atoms with van der Waals surface area (Å²) in [4.78, 5) is 12.3. The Labute approximate surface area is 248 Å². The van der Waals surface area contributed by atoms with Gasteiger partial charge in [-0.1, -0.05) is 127 Å². The highest BCUT2D eigenvalue weighted by molar-refractivity contribution is 5.76. The van der Waals surface area contributed by atoms with Crippen LogP contribution in [-0.4, -0.2) is 34.9 Å². The third-order valence-electron chi connectivity index (χ3n) is 7.26. The summed E-state index contributed by atoms with van der Waals surface area (Å²) in [5.41, 5.74) is 0. The van der Waals surface area contributed by atoms with Crippen molar-refractivity contribution in [3.05, 3.63) is 48.6 Å². The van der Waals surface area contributed by atoms with E-state index < -0.39 is 12.1 Å². The van der Waals surface area contributed by atoms with Crippen LogP contribution in [0.5, 0.6) is 0 Å². The van der Waals surface area contributed by atoms with E-state index in [2.05, 4.69) is 55.6 Å². The maximum absolute atomic E-state index is 12.3. The number of aliphatic hydroxyl groups is 2. The third-order valence-corrected chi connectivity index (χ3v) is 7.26. The second-order valence-electron chi connectivity index (χ2n) is 11.2. The second-order valence-corrected chi connectivity index (χ2v) is 11.2. The van der Waals surface area contributed by atoms with Gasteiger partial charge in [0.1, 0.15) is 0 Å². The first-order valence-corrected chi connectivity index (χ1v) is 16.9. The minimum atomic E-state index is -0.870. The highest BCUT2D eigenvalue weighted by Crippen LogP contribution is 2.10. The van der Waals surface area contributed by atoms with Gasteiger partial charge in [-0.25, -0.2) is 0 Å². The van der Waals surface area contributed by atoms with Gasteiger partial charge in [0.2, 0.25) is 5.91 Å². The maximum Gasteiger partial charge on any atom is 0.220 e. The van der Waals surface area contributed by atoms with Crippen LogP contribution in [0, 0.1) is 0 Å². The summed E-state index contributed by atoms with van der Waals surface area (Å²) >= 11 is 0. The molecule has 0 aromatic carbocycles. The lowest BCUT2D eigenvalue weighted by molar-refractivity contribution is -0.123. The molecule has 4 nitrogen and oxygen atoms in total. The number of aliphatic hydroxyl groups excluding tert-OH is 2. The molecule has 2 unspecified atom stereocenters. The first-order valence-electron chi connectivity index (χ1n) is 16.9. The van der Waals surface area contributed by atoms with Crippen molar-refractivity contribution in [1.82, 2.24) is 5.32 Å². The number of nitrogens with one attached hydrogen (secondary N) is 1. The summed E-state index contributed by atoms with van der Waals surface area (Å²) in [6.45, 7) is 4.22. The molecule has 4 heteroatoms. The lowest BCUT2D eigenvalue weighted by atomic mass is 10.1. The summed E-state index contributed by atoms with van der Waals surface area (Å²) < 4.78 is 0. The van der Waals surface area contributed by atoms with E-state index in [-0.39, 0.29) is 12.5 Å². The summed E-state index contributed by atoms with van der Waals surface area (Å²) in [7, 11) is 0. The fourth-order valence-electron chi connectivity index (χ4n) is 4.61. The van der Waals surface area contributed by atoms with Crippen molar-refractivity contribution < 1.29 is 15.0 Å². The molecule has 0 heterocycles. The van der Waals surface area contributed by atoms with Gasteiger partial charge in [-0.15, -0.1) is 0 Å². The standard InChI is InChI=1S/C36H65NO3/c1-3-5-7-9-11-13-15-17-18-20-22-24-26-28-30-32-36(40)37-34(33-38)35(39)31-29-27-25-23-21-19-16-14-12-10-8-6-4-2/h12,14,17-18,21,23,29,31,34-35,38-39H,3-11,13,15-16,19-20,22,24-28,30,32-33H2,1-2H3,(H,37,40)/b14-12+,18-17-,23-21+,31-29+. The molecular formula is C36H65NO3. The number of carbonyl (C=O) groups is 1. The molecule has 0 saturated carbocycles. The largest absolute Gasteiger partial charge is 0.394 e. The molecule has 0 fully saturated rings. The molecule has 0 rings (SSSR count). The average molecular weight is 560 g/mol. The molecule has 0 aromatic heterocycles. The van der Waals surface area contributed by atoms with Crippen LogP contribution >= 0.6 is 0 Å². The summed E-state index contributed by atoms with van der Waals surface area (Å²) in [5.74, 6) is -0.0912. The molecule has 0 bridgehead atoms. The van der Waals surface area contributed by atoms with Crippen LogP contribution < -0.4 is 5.32 Å². The first-order chi connectivity index (χ1) is 19.7. The Kier molecular flexibility index (Phi) is 30.6. The molecule has 0 spiro atoms. The molecule has 0 aromatic rings. The van der Waals surface area contributed by atoms with Crippen molar-refractivity contribution in [3.8, 4) is 0 Å². The zero-order chi connectivity index (χ0) is 29.4. The average Bonchev–Trinajstić information content (AvgIpc) is 2.96. The minimum Gasteiger partial charge on any atom is -0.394 e. The quantitative estimate of drug-likeness (QED) is 0.0631. The van der Waals surface area contributed by atoms with E-state index in [0.29, 0.717) is 6.42 Å². The molecule has 0 aliphatic heterocycles. The maximum atomic E-state index is 12.3. The molecule has 1 amide bonds. The van der Waals surface area contributed by atoms with E-state index in [9.17, 15) is 15.0 Å². The topological polar surface area (TPSA) is 69.6 Å². The Morgan fingerprint density at radius 1 is 0.575 bits per heavy atom. The van der Waals surface area contributed by atoms with Crippen molar-refractivity contribution in [2.75, 3.05) is 6.61 Å². The molecular weight excluding hydrogens is 494 g/mol. The molecule has 0 aliphatic rings. The van der Waals surface area contributed by atoms with E-state index in [1.807, 2.05) is 6.08 Å². The van der Waals surface area contributed by atoms with Gasteiger partial charge in [0.25, 0.3) is 0 Å². The number of amides is 1. The molecule has 3 N–H and O–H groups in total. The van der Waals surface area contributed by atoms with Gasteiger partial charge in [0.05, 0.1) is 18.8 Å². The summed E-state index contributed by atoms with van der Waals surface area (Å²) in [5, 5.41) is 22.8. The number of carbonyl (C=O) groups excluding carboxylic acids is 1. The second kappa shape index (κ2) is 31.9.